The van der Waals surface area contributed by atoms with Gasteiger partial charge >= 0.3 is 0 Å². The minimum absolute atomic E-state index is 0.283. The molecule has 5 rings (SSSR count). The third-order valence-electron chi connectivity index (χ3n) is 4.11. The molecule has 4 heterocycles. The molecule has 9 nitrogen and oxygen atoms in total. The van der Waals surface area contributed by atoms with Crippen molar-refractivity contribution in [2.24, 2.45) is 0 Å². The molecule has 28 heavy (non-hydrogen) atoms. The summed E-state index contributed by atoms with van der Waals surface area (Å²) >= 11 is 0. The third kappa shape index (κ3) is 2.71. The van der Waals surface area contributed by atoms with Crippen LogP contribution in [0.25, 0.3) is 28.1 Å². The first-order chi connectivity index (χ1) is 13.8. The maximum absolute atomic E-state index is 12.2. The summed E-state index contributed by atoms with van der Waals surface area (Å²) in [6, 6.07) is 16.2. The van der Waals surface area contributed by atoms with Gasteiger partial charge in [-0.1, -0.05) is 18.2 Å². The standard InChI is InChI=1S/C19H12N8O/c28-18-15(8-3-4-10-20-18)23-19-22-13-7-2-1-6-12(13)17-24-16(26-27(17)19)14-9-5-11-21-25-14/h1-11H,(H,20,22,23,28). The number of nitrogens with one attached hydrogen (secondary N) is 1. The first-order valence-electron chi connectivity index (χ1n) is 8.45. The minimum Gasteiger partial charge on any atom is -0.319 e. The monoisotopic (exact) mass is 368 g/mol. The molecule has 0 aliphatic carbocycles. The molecule has 134 valence electrons. The van der Waals surface area contributed by atoms with E-state index >= 15 is 0 Å². The Balaban J connectivity index is 1.77. The van der Waals surface area contributed by atoms with Crippen LogP contribution in [-0.4, -0.2) is 34.8 Å². The number of benzene rings is 1. The van der Waals surface area contributed by atoms with Gasteiger partial charge in [-0.25, -0.2) is 15.0 Å². The van der Waals surface area contributed by atoms with Gasteiger partial charge in [-0.15, -0.1) is 10.2 Å². The summed E-state index contributed by atoms with van der Waals surface area (Å²) in [6.07, 6.45) is 3.03. The lowest BCUT2D eigenvalue weighted by molar-refractivity contribution is 0.936. The van der Waals surface area contributed by atoms with E-state index in [9.17, 15) is 4.79 Å². The fourth-order valence-electron chi connectivity index (χ4n) is 2.83. The van der Waals surface area contributed by atoms with Crippen molar-refractivity contribution in [1.29, 1.82) is 0 Å². The van der Waals surface area contributed by atoms with Crippen LogP contribution in [0.4, 0.5) is 11.6 Å². The van der Waals surface area contributed by atoms with Crippen LogP contribution in [0.15, 0.2) is 71.8 Å². The van der Waals surface area contributed by atoms with Gasteiger partial charge in [0.25, 0.3) is 5.56 Å². The fourth-order valence-corrected chi connectivity index (χ4v) is 2.83. The first kappa shape index (κ1) is 15.9. The summed E-state index contributed by atoms with van der Waals surface area (Å²) in [7, 11) is 0. The van der Waals surface area contributed by atoms with E-state index in [0.29, 0.717) is 23.1 Å². The quantitative estimate of drug-likeness (QED) is 0.516. The molecular formula is C19H12N8O. The van der Waals surface area contributed by atoms with Crippen LogP contribution in [0, 0.1) is 0 Å². The van der Waals surface area contributed by atoms with Gasteiger partial charge in [0.2, 0.25) is 11.8 Å². The number of rotatable bonds is 3. The van der Waals surface area contributed by atoms with Crippen LogP contribution in [0.5, 0.6) is 0 Å². The second-order valence-corrected chi connectivity index (χ2v) is 5.91. The minimum atomic E-state index is -0.401. The predicted octanol–water partition coefficient (Wildman–Crippen LogP) is 2.23. The van der Waals surface area contributed by atoms with Crippen molar-refractivity contribution in [3.63, 3.8) is 0 Å². The number of aromatic nitrogens is 7. The molecule has 0 saturated heterocycles. The van der Waals surface area contributed by atoms with E-state index in [1.165, 1.54) is 6.20 Å². The molecule has 0 aliphatic rings. The van der Waals surface area contributed by atoms with E-state index < -0.39 is 5.56 Å². The Morgan fingerprint density at radius 2 is 1.79 bits per heavy atom. The lowest BCUT2D eigenvalue weighted by Gasteiger charge is -2.07. The van der Waals surface area contributed by atoms with Crippen molar-refractivity contribution in [3.05, 3.63) is 77.3 Å². The Bertz CT molecular complexity index is 1370. The van der Waals surface area contributed by atoms with E-state index in [0.717, 1.165) is 10.9 Å². The summed E-state index contributed by atoms with van der Waals surface area (Å²) in [5.41, 5.74) is 1.73. The molecule has 0 unspecified atom stereocenters. The number of nitrogens with zero attached hydrogens (tertiary/aromatic N) is 7. The summed E-state index contributed by atoms with van der Waals surface area (Å²) in [5.74, 6) is 0.759. The highest BCUT2D eigenvalue weighted by atomic mass is 16.1. The molecule has 5 aromatic rings. The van der Waals surface area contributed by atoms with Crippen molar-refractivity contribution in [1.82, 2.24) is 34.8 Å². The summed E-state index contributed by atoms with van der Waals surface area (Å²) in [6.45, 7) is 0. The molecule has 1 N–H and O–H groups in total. The van der Waals surface area contributed by atoms with Gasteiger partial charge in [-0.05, 0) is 36.4 Å². The topological polar surface area (TPSA) is 111 Å². The van der Waals surface area contributed by atoms with Crippen LogP contribution < -0.4 is 10.9 Å². The van der Waals surface area contributed by atoms with Crippen molar-refractivity contribution >= 4 is 28.2 Å². The van der Waals surface area contributed by atoms with Crippen molar-refractivity contribution in [2.45, 2.75) is 0 Å². The van der Waals surface area contributed by atoms with Gasteiger partial charge in [0.05, 0.1) is 5.52 Å². The van der Waals surface area contributed by atoms with E-state index in [1.807, 2.05) is 24.3 Å². The average molecular weight is 368 g/mol. The zero-order chi connectivity index (χ0) is 18.9. The Morgan fingerprint density at radius 1 is 0.893 bits per heavy atom. The van der Waals surface area contributed by atoms with Gasteiger partial charge in [0, 0.05) is 17.8 Å². The molecule has 0 spiro atoms. The predicted molar refractivity (Wildman–Crippen MR) is 103 cm³/mol. The maximum atomic E-state index is 12.2. The smallest absolute Gasteiger partial charge is 0.293 e. The number of anilines is 2. The maximum Gasteiger partial charge on any atom is 0.293 e. The number of para-hydroxylation sites is 1. The van der Waals surface area contributed by atoms with Crippen LogP contribution >= 0.6 is 0 Å². The van der Waals surface area contributed by atoms with Crippen LogP contribution in [0.1, 0.15) is 0 Å². The van der Waals surface area contributed by atoms with E-state index in [4.69, 9.17) is 0 Å². The lowest BCUT2D eigenvalue weighted by atomic mass is 10.2. The highest BCUT2D eigenvalue weighted by Crippen LogP contribution is 2.24. The number of hydrogen-bond donors (Lipinski definition) is 1. The zero-order valence-corrected chi connectivity index (χ0v) is 14.4. The van der Waals surface area contributed by atoms with E-state index in [2.05, 4.69) is 35.6 Å². The normalized spacial score (nSPS) is 11.0. The van der Waals surface area contributed by atoms with Crippen LogP contribution in [0.3, 0.4) is 0 Å². The number of fused-ring (bicyclic) bond motifs is 3. The highest BCUT2D eigenvalue weighted by molar-refractivity contribution is 5.93. The lowest BCUT2D eigenvalue weighted by Crippen LogP contribution is -2.11. The Labute approximate surface area is 157 Å². The Morgan fingerprint density at radius 3 is 2.68 bits per heavy atom. The van der Waals surface area contributed by atoms with E-state index in [1.54, 1.807) is 41.0 Å². The molecule has 0 atom stereocenters. The van der Waals surface area contributed by atoms with Gasteiger partial charge in [-0.2, -0.15) is 9.61 Å². The second-order valence-electron chi connectivity index (χ2n) is 5.91. The van der Waals surface area contributed by atoms with Crippen molar-refractivity contribution < 1.29 is 0 Å². The first-order valence-corrected chi connectivity index (χ1v) is 8.45. The summed E-state index contributed by atoms with van der Waals surface area (Å²) < 4.78 is 1.55. The Kier molecular flexibility index (Phi) is 3.68. The molecule has 0 bridgehead atoms. The van der Waals surface area contributed by atoms with Crippen LogP contribution in [0.2, 0.25) is 0 Å². The van der Waals surface area contributed by atoms with E-state index in [-0.39, 0.29) is 5.69 Å². The van der Waals surface area contributed by atoms with Gasteiger partial charge in [0.15, 0.2) is 5.65 Å². The molecule has 0 saturated carbocycles. The van der Waals surface area contributed by atoms with Crippen molar-refractivity contribution in [3.8, 4) is 11.5 Å². The highest BCUT2D eigenvalue weighted by Gasteiger charge is 2.16. The molecule has 4 aromatic heterocycles. The summed E-state index contributed by atoms with van der Waals surface area (Å²) in [5, 5.41) is 16.3. The molecule has 0 amide bonds. The molecule has 0 radical (unpaired) electrons. The molecule has 9 heteroatoms. The third-order valence-corrected chi connectivity index (χ3v) is 4.11. The average Bonchev–Trinajstić information content (AvgIpc) is 3.09. The van der Waals surface area contributed by atoms with Gasteiger partial charge < -0.3 is 5.32 Å². The second kappa shape index (κ2) is 6.47. The molecular weight excluding hydrogens is 356 g/mol. The SMILES string of the molecule is O=c1nccccc1Nc1nc2ccccc2c2nc(-c3cccnn3)nn12. The van der Waals surface area contributed by atoms with Crippen LogP contribution in [-0.2, 0) is 0 Å². The molecule has 0 aliphatic heterocycles. The molecule has 0 fully saturated rings. The zero-order valence-electron chi connectivity index (χ0n) is 14.4. The van der Waals surface area contributed by atoms with Gasteiger partial charge in [0.1, 0.15) is 11.4 Å². The van der Waals surface area contributed by atoms with Crippen molar-refractivity contribution in [2.75, 3.05) is 5.32 Å². The van der Waals surface area contributed by atoms with Gasteiger partial charge in [-0.3, -0.25) is 4.79 Å². The fraction of sp³-hybridized carbons (Fsp3) is 0. The largest absolute Gasteiger partial charge is 0.319 e. The Hall–Kier alpha value is -4.27. The number of hydrogen-bond acceptors (Lipinski definition) is 8. The molecule has 1 aromatic carbocycles. The summed E-state index contributed by atoms with van der Waals surface area (Å²) in [4.78, 5) is 25.2.